The summed E-state index contributed by atoms with van der Waals surface area (Å²) in [7, 11) is 0. The smallest absolute Gasteiger partial charge is 0.138 e. The Morgan fingerprint density at radius 1 is 1.58 bits per heavy atom. The highest BCUT2D eigenvalue weighted by atomic mass is 79.9. The van der Waals surface area contributed by atoms with Crippen LogP contribution in [0.1, 0.15) is 35.7 Å². The Morgan fingerprint density at radius 3 is 2.95 bits per heavy atom. The van der Waals surface area contributed by atoms with E-state index in [-0.39, 0.29) is 6.04 Å². The van der Waals surface area contributed by atoms with E-state index in [0.717, 1.165) is 29.0 Å². The molecule has 0 saturated carbocycles. The Hall–Kier alpha value is -0.760. The molecular formula is C12H18BrN5S. The van der Waals surface area contributed by atoms with Gasteiger partial charge in [-0.3, -0.25) is 16.0 Å². The molecule has 2 rings (SSSR count). The van der Waals surface area contributed by atoms with Crippen molar-refractivity contribution in [2.45, 2.75) is 39.3 Å². The molecule has 2 aromatic heterocycles. The number of rotatable bonds is 6. The predicted octanol–water partition coefficient (Wildman–Crippen LogP) is 2.57. The summed E-state index contributed by atoms with van der Waals surface area (Å²) >= 11 is 5.25. The van der Waals surface area contributed by atoms with Crippen molar-refractivity contribution >= 4 is 27.3 Å². The third-order valence-electron chi connectivity index (χ3n) is 2.94. The van der Waals surface area contributed by atoms with Gasteiger partial charge in [0.2, 0.25) is 0 Å². The number of hydrazine groups is 1. The van der Waals surface area contributed by atoms with Gasteiger partial charge in [0.1, 0.15) is 12.2 Å². The number of hydrogen-bond donors (Lipinski definition) is 2. The molecule has 0 aliphatic carbocycles. The summed E-state index contributed by atoms with van der Waals surface area (Å²) in [5, 5.41) is 4.24. The van der Waals surface area contributed by atoms with Crippen LogP contribution in [0.15, 0.2) is 16.2 Å². The predicted molar refractivity (Wildman–Crippen MR) is 80.8 cm³/mol. The van der Waals surface area contributed by atoms with Crippen molar-refractivity contribution in [3.63, 3.8) is 0 Å². The van der Waals surface area contributed by atoms with Gasteiger partial charge in [-0.05, 0) is 40.9 Å². The molecule has 0 aliphatic rings. The van der Waals surface area contributed by atoms with Crippen molar-refractivity contribution in [3.8, 4) is 0 Å². The number of nitrogens with two attached hydrogens (primary N) is 1. The first-order valence-corrected chi connectivity index (χ1v) is 7.85. The van der Waals surface area contributed by atoms with Crippen molar-refractivity contribution < 1.29 is 0 Å². The highest BCUT2D eigenvalue weighted by Gasteiger charge is 2.17. The lowest BCUT2D eigenvalue weighted by Gasteiger charge is -2.14. The summed E-state index contributed by atoms with van der Waals surface area (Å²) in [4.78, 5) is 5.53. The van der Waals surface area contributed by atoms with Gasteiger partial charge in [-0.1, -0.05) is 6.92 Å². The number of nitrogens with zero attached hydrogens (tertiary/aromatic N) is 3. The largest absolute Gasteiger partial charge is 0.271 e. The average molecular weight is 344 g/mol. The molecule has 0 spiro atoms. The zero-order chi connectivity index (χ0) is 13.8. The fourth-order valence-electron chi connectivity index (χ4n) is 1.92. The third-order valence-corrected chi connectivity index (χ3v) is 5.19. The second-order valence-electron chi connectivity index (χ2n) is 4.43. The molecule has 0 bridgehead atoms. The first-order chi connectivity index (χ1) is 9.15. The molecule has 1 atom stereocenters. The molecule has 7 heteroatoms. The number of thiophene rings is 1. The van der Waals surface area contributed by atoms with Crippen LogP contribution in [0, 0.1) is 6.92 Å². The standard InChI is InChI=1S/C12H18BrN5S/c1-3-4-18-11(15-7-16-18)6-9(17-14)10-5-8(2)12(13)19-10/h5,7,9,17H,3-4,6,14H2,1-2H3. The summed E-state index contributed by atoms with van der Waals surface area (Å²) in [5.74, 6) is 6.65. The monoisotopic (exact) mass is 343 g/mol. The molecule has 0 amide bonds. The van der Waals surface area contributed by atoms with E-state index in [9.17, 15) is 0 Å². The Balaban J connectivity index is 2.16. The average Bonchev–Trinajstić information content (AvgIpc) is 2.95. The molecule has 0 radical (unpaired) electrons. The fourth-order valence-corrected chi connectivity index (χ4v) is 3.56. The van der Waals surface area contributed by atoms with Crippen LogP contribution in [-0.4, -0.2) is 14.8 Å². The van der Waals surface area contributed by atoms with Crippen LogP contribution in [0.25, 0.3) is 0 Å². The number of halogens is 1. The van der Waals surface area contributed by atoms with Crippen LogP contribution in [0.2, 0.25) is 0 Å². The SMILES string of the molecule is CCCn1ncnc1CC(NN)c1cc(C)c(Br)s1. The van der Waals surface area contributed by atoms with E-state index in [2.05, 4.69) is 51.4 Å². The fraction of sp³-hybridized carbons (Fsp3) is 0.500. The maximum atomic E-state index is 5.69. The molecule has 0 aliphatic heterocycles. The minimum atomic E-state index is 0.0646. The van der Waals surface area contributed by atoms with Crippen LogP contribution in [0.5, 0.6) is 0 Å². The molecule has 5 nitrogen and oxygen atoms in total. The van der Waals surface area contributed by atoms with Crippen LogP contribution in [0.4, 0.5) is 0 Å². The molecule has 0 aromatic carbocycles. The highest BCUT2D eigenvalue weighted by Crippen LogP contribution is 2.32. The lowest BCUT2D eigenvalue weighted by molar-refractivity contribution is 0.504. The first-order valence-electron chi connectivity index (χ1n) is 6.24. The molecular weight excluding hydrogens is 326 g/mol. The van der Waals surface area contributed by atoms with Crippen molar-refractivity contribution in [2.75, 3.05) is 0 Å². The van der Waals surface area contributed by atoms with Gasteiger partial charge < -0.3 is 0 Å². The van der Waals surface area contributed by atoms with E-state index in [1.54, 1.807) is 17.7 Å². The molecule has 2 aromatic rings. The van der Waals surface area contributed by atoms with Crippen molar-refractivity contribution in [3.05, 3.63) is 32.4 Å². The second kappa shape index (κ2) is 6.60. The quantitative estimate of drug-likeness (QED) is 0.624. The summed E-state index contributed by atoms with van der Waals surface area (Å²) in [5.41, 5.74) is 4.11. The van der Waals surface area contributed by atoms with E-state index in [1.165, 1.54) is 10.4 Å². The minimum absolute atomic E-state index is 0.0646. The van der Waals surface area contributed by atoms with Crippen LogP contribution in [0.3, 0.4) is 0 Å². The van der Waals surface area contributed by atoms with Crippen LogP contribution < -0.4 is 11.3 Å². The lowest BCUT2D eigenvalue weighted by atomic mass is 10.1. The molecule has 2 heterocycles. The van der Waals surface area contributed by atoms with E-state index in [4.69, 9.17) is 5.84 Å². The number of aryl methyl sites for hydroxylation is 2. The van der Waals surface area contributed by atoms with Gasteiger partial charge >= 0.3 is 0 Å². The van der Waals surface area contributed by atoms with Crippen LogP contribution in [-0.2, 0) is 13.0 Å². The van der Waals surface area contributed by atoms with Gasteiger partial charge in [0.15, 0.2) is 0 Å². The Morgan fingerprint density at radius 2 is 2.37 bits per heavy atom. The highest BCUT2D eigenvalue weighted by molar-refractivity contribution is 9.11. The summed E-state index contributed by atoms with van der Waals surface area (Å²) < 4.78 is 3.10. The number of hydrogen-bond acceptors (Lipinski definition) is 5. The summed E-state index contributed by atoms with van der Waals surface area (Å²) in [6, 6.07) is 2.22. The normalized spacial score (nSPS) is 12.8. The molecule has 1 unspecified atom stereocenters. The maximum absolute atomic E-state index is 5.69. The zero-order valence-electron chi connectivity index (χ0n) is 11.1. The number of nitrogens with one attached hydrogen (secondary N) is 1. The molecule has 3 N–H and O–H groups in total. The molecule has 0 saturated heterocycles. The van der Waals surface area contributed by atoms with E-state index < -0.39 is 0 Å². The molecule has 0 fully saturated rings. The Bertz CT molecular complexity index is 516. The van der Waals surface area contributed by atoms with Crippen LogP contribution >= 0.6 is 27.3 Å². The Kier molecular flexibility index (Phi) is 5.09. The first kappa shape index (κ1) is 14.6. The number of aromatic nitrogens is 3. The summed E-state index contributed by atoms with van der Waals surface area (Å²) in [6.07, 6.45) is 3.39. The minimum Gasteiger partial charge on any atom is -0.271 e. The van der Waals surface area contributed by atoms with Gasteiger partial charge in [0, 0.05) is 17.8 Å². The van der Waals surface area contributed by atoms with E-state index in [1.807, 2.05) is 4.68 Å². The Labute approximate surface area is 125 Å². The topological polar surface area (TPSA) is 68.8 Å². The van der Waals surface area contributed by atoms with E-state index in [0.29, 0.717) is 0 Å². The van der Waals surface area contributed by atoms with Gasteiger partial charge in [-0.25, -0.2) is 4.98 Å². The molecule has 19 heavy (non-hydrogen) atoms. The van der Waals surface area contributed by atoms with Gasteiger partial charge in [-0.15, -0.1) is 11.3 Å². The van der Waals surface area contributed by atoms with Gasteiger partial charge in [-0.2, -0.15) is 5.10 Å². The maximum Gasteiger partial charge on any atom is 0.138 e. The zero-order valence-corrected chi connectivity index (χ0v) is 13.5. The third kappa shape index (κ3) is 3.42. The van der Waals surface area contributed by atoms with Gasteiger partial charge in [0.05, 0.1) is 9.83 Å². The van der Waals surface area contributed by atoms with Crippen molar-refractivity contribution in [2.24, 2.45) is 5.84 Å². The van der Waals surface area contributed by atoms with Crippen molar-refractivity contribution in [1.29, 1.82) is 0 Å². The van der Waals surface area contributed by atoms with Gasteiger partial charge in [0.25, 0.3) is 0 Å². The lowest BCUT2D eigenvalue weighted by Crippen LogP contribution is -2.30. The molecule has 104 valence electrons. The van der Waals surface area contributed by atoms with Crippen molar-refractivity contribution in [1.82, 2.24) is 20.2 Å². The summed E-state index contributed by atoms with van der Waals surface area (Å²) in [6.45, 7) is 5.10. The van der Waals surface area contributed by atoms with E-state index >= 15 is 0 Å². The second-order valence-corrected chi connectivity index (χ2v) is 6.83.